The maximum atomic E-state index is 12.0. The lowest BCUT2D eigenvalue weighted by Crippen LogP contribution is -2.37. The van der Waals surface area contributed by atoms with Crippen molar-refractivity contribution in [3.05, 3.63) is 57.5 Å². The summed E-state index contributed by atoms with van der Waals surface area (Å²) in [5.74, 6) is 0. The third-order valence-corrected chi connectivity index (χ3v) is 3.31. The molecule has 0 aliphatic carbocycles. The highest BCUT2D eigenvalue weighted by molar-refractivity contribution is 5.35. The molecule has 0 fully saturated rings. The van der Waals surface area contributed by atoms with Crippen LogP contribution in [0.2, 0.25) is 0 Å². The number of hydrogen-bond acceptors (Lipinski definition) is 3. The van der Waals surface area contributed by atoms with Gasteiger partial charge in [0.1, 0.15) is 5.69 Å². The predicted octanol–water partition coefficient (Wildman–Crippen LogP) is 2.30. The minimum Gasteiger partial charge on any atom is -0.320 e. The minimum atomic E-state index is -0.754. The monoisotopic (exact) mass is 271 g/mol. The molecule has 0 spiro atoms. The van der Waals surface area contributed by atoms with Crippen LogP contribution in [0.1, 0.15) is 37.7 Å². The van der Waals surface area contributed by atoms with E-state index in [1.807, 2.05) is 19.1 Å². The highest BCUT2D eigenvalue weighted by Crippen LogP contribution is 2.14. The van der Waals surface area contributed by atoms with Gasteiger partial charge < -0.3 is 5.73 Å². The Morgan fingerprint density at radius 1 is 1.25 bits per heavy atom. The summed E-state index contributed by atoms with van der Waals surface area (Å²) >= 11 is 0. The number of nitrogens with two attached hydrogens (primary N) is 1. The van der Waals surface area contributed by atoms with Gasteiger partial charge in [-0.25, -0.2) is 4.68 Å². The molecule has 1 aromatic carbocycles. The Bertz CT molecular complexity index is 664. The van der Waals surface area contributed by atoms with Crippen LogP contribution in [0.15, 0.2) is 35.1 Å². The van der Waals surface area contributed by atoms with Gasteiger partial charge in [-0.05, 0) is 44.9 Å². The van der Waals surface area contributed by atoms with Crippen molar-refractivity contribution in [2.75, 3.05) is 0 Å². The van der Waals surface area contributed by atoms with Crippen LogP contribution in [0.4, 0.5) is 0 Å². The van der Waals surface area contributed by atoms with Gasteiger partial charge in [0.2, 0.25) is 5.43 Å². The molecule has 0 unspecified atom stereocenters. The summed E-state index contributed by atoms with van der Waals surface area (Å²) in [6, 6.07) is 9.75. The van der Waals surface area contributed by atoms with E-state index in [0.29, 0.717) is 5.69 Å². The summed E-state index contributed by atoms with van der Waals surface area (Å²) in [5, 5.41) is 4.45. The van der Waals surface area contributed by atoms with E-state index in [2.05, 4.69) is 24.2 Å². The molecule has 2 N–H and O–H groups in total. The van der Waals surface area contributed by atoms with Crippen molar-refractivity contribution in [1.29, 1.82) is 0 Å². The van der Waals surface area contributed by atoms with Gasteiger partial charge in [0.05, 0.1) is 11.2 Å². The van der Waals surface area contributed by atoms with Crippen molar-refractivity contribution < 1.29 is 0 Å². The van der Waals surface area contributed by atoms with E-state index in [-0.39, 0.29) is 5.43 Å². The van der Waals surface area contributed by atoms with Gasteiger partial charge in [-0.2, -0.15) is 5.10 Å². The lowest BCUT2D eigenvalue weighted by molar-refractivity contribution is 0.510. The average molecular weight is 271 g/mol. The van der Waals surface area contributed by atoms with Crippen molar-refractivity contribution in [2.24, 2.45) is 5.73 Å². The third-order valence-electron chi connectivity index (χ3n) is 3.31. The average Bonchev–Trinajstić information content (AvgIpc) is 2.37. The Morgan fingerprint density at radius 3 is 2.35 bits per heavy atom. The zero-order chi connectivity index (χ0) is 14.9. The maximum absolute atomic E-state index is 12.0. The molecule has 0 radical (unpaired) electrons. The van der Waals surface area contributed by atoms with Crippen molar-refractivity contribution in [2.45, 2.75) is 39.7 Å². The van der Waals surface area contributed by atoms with Crippen LogP contribution >= 0.6 is 0 Å². The molecule has 2 rings (SSSR count). The molecular formula is C16H21N3O. The highest BCUT2D eigenvalue weighted by Gasteiger charge is 2.21. The molecule has 106 valence electrons. The molecule has 1 aromatic heterocycles. The fourth-order valence-corrected chi connectivity index (χ4v) is 2.13. The Morgan fingerprint density at radius 2 is 1.85 bits per heavy atom. The van der Waals surface area contributed by atoms with E-state index in [9.17, 15) is 4.79 Å². The van der Waals surface area contributed by atoms with Crippen LogP contribution in [0.5, 0.6) is 0 Å². The molecular weight excluding hydrogens is 250 g/mol. The maximum Gasteiger partial charge on any atom is 0.205 e. The first-order chi connectivity index (χ1) is 9.32. The van der Waals surface area contributed by atoms with Crippen molar-refractivity contribution in [1.82, 2.24) is 9.78 Å². The van der Waals surface area contributed by atoms with Crippen LogP contribution < -0.4 is 11.2 Å². The van der Waals surface area contributed by atoms with Crippen LogP contribution in [-0.4, -0.2) is 9.78 Å². The fraction of sp³-hybridized carbons (Fsp3) is 0.375. The molecule has 0 saturated carbocycles. The summed E-state index contributed by atoms with van der Waals surface area (Å²) in [4.78, 5) is 12.0. The summed E-state index contributed by atoms with van der Waals surface area (Å²) in [7, 11) is 0. The lowest BCUT2D eigenvalue weighted by Gasteiger charge is -2.19. The van der Waals surface area contributed by atoms with Gasteiger partial charge in [0.15, 0.2) is 0 Å². The van der Waals surface area contributed by atoms with E-state index in [0.717, 1.165) is 17.8 Å². The van der Waals surface area contributed by atoms with Gasteiger partial charge in [-0.1, -0.05) is 19.1 Å². The molecule has 1 heterocycles. The first-order valence-electron chi connectivity index (χ1n) is 6.82. The molecule has 0 aliphatic heterocycles. The molecule has 2 aromatic rings. The quantitative estimate of drug-likeness (QED) is 0.931. The zero-order valence-corrected chi connectivity index (χ0v) is 12.5. The summed E-state index contributed by atoms with van der Waals surface area (Å²) in [6.45, 7) is 7.57. The van der Waals surface area contributed by atoms with Gasteiger partial charge in [-0.3, -0.25) is 4.79 Å². The zero-order valence-electron chi connectivity index (χ0n) is 12.5. The van der Waals surface area contributed by atoms with E-state index >= 15 is 0 Å². The molecule has 0 saturated heterocycles. The Kier molecular flexibility index (Phi) is 3.77. The van der Waals surface area contributed by atoms with E-state index in [1.165, 1.54) is 5.56 Å². The first kappa shape index (κ1) is 14.5. The van der Waals surface area contributed by atoms with Gasteiger partial charge in [0.25, 0.3) is 0 Å². The van der Waals surface area contributed by atoms with Crippen LogP contribution in [-0.2, 0) is 12.0 Å². The molecule has 0 aliphatic rings. The highest BCUT2D eigenvalue weighted by atomic mass is 16.1. The van der Waals surface area contributed by atoms with Gasteiger partial charge in [0, 0.05) is 11.8 Å². The number of nitrogens with zero attached hydrogens (tertiary/aromatic N) is 2. The smallest absolute Gasteiger partial charge is 0.205 e. The molecule has 0 bridgehead atoms. The lowest BCUT2D eigenvalue weighted by atomic mass is 10.0. The Labute approximate surface area is 119 Å². The third kappa shape index (κ3) is 2.80. The number of aryl methyl sites for hydroxylation is 2. The second-order valence-corrected chi connectivity index (χ2v) is 5.65. The second-order valence-electron chi connectivity index (χ2n) is 5.65. The number of aromatic nitrogens is 2. The standard InChI is InChI=1S/C16H21N3O/c1-5-12-6-8-13(9-7-12)19-11(2)10-14(20)15(18-19)16(3,4)17/h6-10H,5,17H2,1-4H3. The Balaban J connectivity index is 2.58. The normalized spacial score (nSPS) is 11.7. The van der Waals surface area contributed by atoms with E-state index in [4.69, 9.17) is 5.73 Å². The number of hydrogen-bond donors (Lipinski definition) is 1. The molecule has 4 nitrogen and oxygen atoms in total. The molecule has 20 heavy (non-hydrogen) atoms. The molecule has 0 amide bonds. The Hall–Kier alpha value is -1.94. The number of benzene rings is 1. The minimum absolute atomic E-state index is 0.114. The fourth-order valence-electron chi connectivity index (χ4n) is 2.13. The van der Waals surface area contributed by atoms with Crippen molar-refractivity contribution >= 4 is 0 Å². The topological polar surface area (TPSA) is 60.9 Å². The van der Waals surface area contributed by atoms with Gasteiger partial charge >= 0.3 is 0 Å². The summed E-state index contributed by atoms with van der Waals surface area (Å²) in [6.07, 6.45) is 0.998. The van der Waals surface area contributed by atoms with Crippen LogP contribution in [0.25, 0.3) is 5.69 Å². The van der Waals surface area contributed by atoms with Crippen molar-refractivity contribution in [3.8, 4) is 5.69 Å². The van der Waals surface area contributed by atoms with Crippen molar-refractivity contribution in [3.63, 3.8) is 0 Å². The molecule has 4 heteroatoms. The molecule has 0 atom stereocenters. The number of rotatable bonds is 3. The van der Waals surface area contributed by atoms with E-state index < -0.39 is 5.54 Å². The predicted molar refractivity (Wildman–Crippen MR) is 81.2 cm³/mol. The summed E-state index contributed by atoms with van der Waals surface area (Å²) in [5.41, 5.74) is 8.54. The van der Waals surface area contributed by atoms with E-state index in [1.54, 1.807) is 24.6 Å². The van der Waals surface area contributed by atoms with Gasteiger partial charge in [-0.15, -0.1) is 0 Å². The first-order valence-corrected chi connectivity index (χ1v) is 6.82. The van der Waals surface area contributed by atoms with Crippen LogP contribution in [0, 0.1) is 6.92 Å². The SMILES string of the molecule is CCc1ccc(-n2nc(C(C)(C)N)c(=O)cc2C)cc1. The van der Waals surface area contributed by atoms with Crippen LogP contribution in [0.3, 0.4) is 0 Å². The summed E-state index contributed by atoms with van der Waals surface area (Å²) < 4.78 is 1.77. The second kappa shape index (κ2) is 5.21. The largest absolute Gasteiger partial charge is 0.320 e.